The van der Waals surface area contributed by atoms with E-state index >= 15 is 0 Å². The quantitative estimate of drug-likeness (QED) is 0.772. The van der Waals surface area contributed by atoms with Crippen LogP contribution in [0.3, 0.4) is 0 Å². The van der Waals surface area contributed by atoms with E-state index in [1.165, 1.54) is 12.8 Å². The molecule has 0 aromatic carbocycles. The van der Waals surface area contributed by atoms with Crippen molar-refractivity contribution < 1.29 is 19.4 Å². The van der Waals surface area contributed by atoms with Crippen LogP contribution in [0.4, 0.5) is 0 Å². The molecule has 6 heteroatoms. The lowest BCUT2D eigenvalue weighted by atomic mass is 9.78. The molecule has 0 aromatic heterocycles. The highest BCUT2D eigenvalue weighted by Gasteiger charge is 2.47. The third-order valence-electron chi connectivity index (χ3n) is 5.97. The highest BCUT2D eigenvalue weighted by Crippen LogP contribution is 2.37. The Labute approximate surface area is 136 Å². The first-order valence-electron chi connectivity index (χ1n) is 8.98. The predicted molar refractivity (Wildman–Crippen MR) is 82.4 cm³/mol. The van der Waals surface area contributed by atoms with Gasteiger partial charge in [-0.05, 0) is 38.0 Å². The van der Waals surface area contributed by atoms with Gasteiger partial charge in [0.25, 0.3) is 0 Å². The van der Waals surface area contributed by atoms with E-state index in [2.05, 4.69) is 5.32 Å². The van der Waals surface area contributed by atoms with Crippen LogP contribution < -0.4 is 5.32 Å². The molecule has 128 valence electrons. The number of aliphatic hydroxyl groups excluding tert-OH is 1. The summed E-state index contributed by atoms with van der Waals surface area (Å²) in [7, 11) is 0. The maximum absolute atomic E-state index is 12.6. The maximum atomic E-state index is 12.6. The van der Waals surface area contributed by atoms with Gasteiger partial charge in [-0.15, -0.1) is 0 Å². The van der Waals surface area contributed by atoms with E-state index in [0.717, 1.165) is 13.0 Å². The van der Waals surface area contributed by atoms with E-state index < -0.39 is 0 Å². The lowest BCUT2D eigenvalue weighted by Crippen LogP contribution is -2.56. The van der Waals surface area contributed by atoms with Gasteiger partial charge < -0.3 is 20.1 Å². The molecule has 0 unspecified atom stereocenters. The van der Waals surface area contributed by atoms with Crippen LogP contribution in [0.1, 0.15) is 32.1 Å². The summed E-state index contributed by atoms with van der Waals surface area (Å²) in [4.78, 5) is 27.0. The summed E-state index contributed by atoms with van der Waals surface area (Å²) < 4.78 is 5.78. The third-order valence-corrected chi connectivity index (χ3v) is 5.97. The molecule has 2 N–H and O–H groups in total. The average molecular weight is 322 g/mol. The van der Waals surface area contributed by atoms with Crippen molar-refractivity contribution in [3.05, 3.63) is 0 Å². The first kappa shape index (κ1) is 15.4. The number of fused-ring (bicyclic) bond motifs is 1. The summed E-state index contributed by atoms with van der Waals surface area (Å²) in [5.74, 6) is 0.854. The molecular formula is C17H26N2O4. The number of rotatable bonds is 4. The van der Waals surface area contributed by atoms with Crippen molar-refractivity contribution in [2.45, 2.75) is 44.3 Å². The molecular weight excluding hydrogens is 296 g/mol. The number of nitrogens with one attached hydrogen (secondary N) is 1. The van der Waals surface area contributed by atoms with Gasteiger partial charge in [0.2, 0.25) is 11.8 Å². The predicted octanol–water partition coefficient (Wildman–Crippen LogP) is 0.147. The Morgan fingerprint density at radius 3 is 2.65 bits per heavy atom. The molecule has 0 aromatic rings. The molecule has 0 spiro atoms. The molecule has 3 atom stereocenters. The molecule has 2 amide bonds. The lowest BCUT2D eigenvalue weighted by molar-refractivity contribution is -0.150. The highest BCUT2D eigenvalue weighted by molar-refractivity contribution is 5.83. The number of aliphatic hydroxyl groups is 1. The highest BCUT2D eigenvalue weighted by atomic mass is 16.5. The molecule has 4 aliphatic rings. The molecule has 2 aliphatic heterocycles. The second-order valence-electron chi connectivity index (χ2n) is 7.72. The van der Waals surface area contributed by atoms with Gasteiger partial charge in [0.15, 0.2) is 0 Å². The molecule has 0 bridgehead atoms. The molecule has 4 rings (SSSR count). The second kappa shape index (κ2) is 6.06. The number of nitrogens with zero attached hydrogens (tertiary/aromatic N) is 1. The number of hydrogen-bond acceptors (Lipinski definition) is 4. The summed E-state index contributed by atoms with van der Waals surface area (Å²) in [5, 5.41) is 12.5. The molecule has 6 nitrogen and oxygen atoms in total. The van der Waals surface area contributed by atoms with Gasteiger partial charge in [-0.3, -0.25) is 9.59 Å². The normalized spacial score (nSPS) is 39.5. The number of carbonyl (C=O) groups excluding carboxylic acids is 2. The Morgan fingerprint density at radius 2 is 1.96 bits per heavy atom. The first-order valence-corrected chi connectivity index (χ1v) is 8.98. The minimum absolute atomic E-state index is 0.00521. The van der Waals surface area contributed by atoms with E-state index in [-0.39, 0.29) is 41.8 Å². The standard InChI is InChI=1S/C17H26N2O4/c20-12-5-11(6-12)17(22)19-8-14(13-3-4-23-15(13)9-19)16(21)18-7-10-1-2-10/h10-15,20H,1-9H2,(H,18,21)/t11?,12?,13-,14+,15+/m0/s1. The fourth-order valence-electron chi connectivity index (χ4n) is 4.18. The molecule has 2 saturated carbocycles. The Kier molecular flexibility index (Phi) is 4.05. The largest absolute Gasteiger partial charge is 0.393 e. The summed E-state index contributed by atoms with van der Waals surface area (Å²) >= 11 is 0. The van der Waals surface area contributed by atoms with Crippen LogP contribution in [0.2, 0.25) is 0 Å². The minimum atomic E-state index is -0.332. The van der Waals surface area contributed by atoms with E-state index in [0.29, 0.717) is 38.5 Å². The van der Waals surface area contributed by atoms with Crippen LogP contribution in [0.5, 0.6) is 0 Å². The SMILES string of the molecule is O=C(NCC1CC1)[C@@H]1CN(C(=O)C2CC(O)C2)C[C@H]2OCC[C@H]21. The maximum Gasteiger partial charge on any atom is 0.225 e. The number of likely N-dealkylation sites (tertiary alicyclic amines) is 1. The van der Waals surface area contributed by atoms with Gasteiger partial charge in [0.05, 0.1) is 18.1 Å². The van der Waals surface area contributed by atoms with Crippen LogP contribution in [0.25, 0.3) is 0 Å². The Bertz CT molecular complexity index is 487. The zero-order chi connectivity index (χ0) is 16.0. The Hall–Kier alpha value is -1.14. The van der Waals surface area contributed by atoms with Crippen LogP contribution in [-0.2, 0) is 14.3 Å². The van der Waals surface area contributed by atoms with Crippen molar-refractivity contribution >= 4 is 11.8 Å². The van der Waals surface area contributed by atoms with E-state index in [1.807, 2.05) is 4.90 Å². The lowest BCUT2D eigenvalue weighted by Gasteiger charge is -2.42. The molecule has 2 heterocycles. The summed E-state index contributed by atoms with van der Waals surface area (Å²) in [5.41, 5.74) is 0. The van der Waals surface area contributed by atoms with Gasteiger partial charge in [-0.25, -0.2) is 0 Å². The fraction of sp³-hybridized carbons (Fsp3) is 0.882. The molecule has 2 aliphatic carbocycles. The van der Waals surface area contributed by atoms with Crippen LogP contribution in [0.15, 0.2) is 0 Å². The van der Waals surface area contributed by atoms with Gasteiger partial charge in [-0.1, -0.05) is 0 Å². The van der Waals surface area contributed by atoms with Crippen LogP contribution >= 0.6 is 0 Å². The monoisotopic (exact) mass is 322 g/mol. The number of piperidine rings is 1. The van der Waals surface area contributed by atoms with Crippen molar-refractivity contribution in [2.24, 2.45) is 23.7 Å². The van der Waals surface area contributed by atoms with Gasteiger partial charge in [-0.2, -0.15) is 0 Å². The first-order chi connectivity index (χ1) is 11.1. The van der Waals surface area contributed by atoms with E-state index in [1.54, 1.807) is 0 Å². The number of carbonyl (C=O) groups is 2. The van der Waals surface area contributed by atoms with Crippen molar-refractivity contribution in [1.29, 1.82) is 0 Å². The summed E-state index contributed by atoms with van der Waals surface area (Å²) in [6, 6.07) is 0. The molecule has 23 heavy (non-hydrogen) atoms. The zero-order valence-corrected chi connectivity index (χ0v) is 13.4. The molecule has 0 radical (unpaired) electrons. The van der Waals surface area contributed by atoms with Crippen LogP contribution in [-0.4, -0.2) is 60.3 Å². The number of hydrogen-bond donors (Lipinski definition) is 2. The van der Waals surface area contributed by atoms with Crippen molar-refractivity contribution in [3.63, 3.8) is 0 Å². The Balaban J connectivity index is 1.41. The average Bonchev–Trinajstić information content (AvgIpc) is 3.23. The smallest absolute Gasteiger partial charge is 0.225 e. The van der Waals surface area contributed by atoms with Gasteiger partial charge in [0.1, 0.15) is 0 Å². The second-order valence-corrected chi connectivity index (χ2v) is 7.72. The fourth-order valence-corrected chi connectivity index (χ4v) is 4.18. The van der Waals surface area contributed by atoms with E-state index in [9.17, 15) is 14.7 Å². The topological polar surface area (TPSA) is 78.9 Å². The summed E-state index contributed by atoms with van der Waals surface area (Å²) in [6.45, 7) is 2.57. The zero-order valence-electron chi connectivity index (χ0n) is 13.4. The van der Waals surface area contributed by atoms with Gasteiger partial charge >= 0.3 is 0 Å². The molecule has 2 saturated heterocycles. The third kappa shape index (κ3) is 3.11. The van der Waals surface area contributed by atoms with E-state index in [4.69, 9.17) is 4.74 Å². The summed E-state index contributed by atoms with van der Waals surface area (Å²) in [6.07, 6.45) is 4.13. The van der Waals surface area contributed by atoms with Crippen molar-refractivity contribution in [1.82, 2.24) is 10.2 Å². The van der Waals surface area contributed by atoms with Crippen LogP contribution in [0, 0.1) is 23.7 Å². The van der Waals surface area contributed by atoms with Crippen molar-refractivity contribution in [3.8, 4) is 0 Å². The number of ether oxygens (including phenoxy) is 1. The number of amides is 2. The minimum Gasteiger partial charge on any atom is -0.393 e. The van der Waals surface area contributed by atoms with Crippen molar-refractivity contribution in [2.75, 3.05) is 26.2 Å². The Morgan fingerprint density at radius 1 is 1.17 bits per heavy atom. The van der Waals surface area contributed by atoms with Gasteiger partial charge in [0, 0.05) is 38.1 Å². The molecule has 4 fully saturated rings.